The number of carboxylic acids is 1. The molecule has 1 aromatic rings. The number of carboxylic acid groups (broad SMARTS) is 1. The van der Waals surface area contributed by atoms with Crippen LogP contribution in [0.1, 0.15) is 11.3 Å². The van der Waals surface area contributed by atoms with Gasteiger partial charge >= 0.3 is 12.3 Å². The van der Waals surface area contributed by atoms with E-state index in [1.165, 1.54) is 0 Å². The molecule has 4 N–H and O–H groups in total. The Morgan fingerprint density at radius 1 is 1.50 bits per heavy atom. The highest BCUT2D eigenvalue weighted by molar-refractivity contribution is 5.70. The maximum Gasteiger partial charge on any atom is 0.573 e. The molecular weight excluding hydrogens is 257 g/mol. The first-order chi connectivity index (χ1) is 8.24. The Kier molecular flexibility index (Phi) is 3.96. The zero-order chi connectivity index (χ0) is 13.9. The van der Waals surface area contributed by atoms with Gasteiger partial charge in [0, 0.05) is 24.0 Å². The molecule has 0 radical (unpaired) electrons. The number of aromatic nitrogens is 1. The van der Waals surface area contributed by atoms with Crippen molar-refractivity contribution in [3.63, 3.8) is 0 Å². The number of nitrogens with one attached hydrogen (secondary N) is 1. The molecule has 0 atom stereocenters. The maximum atomic E-state index is 12.0. The lowest BCUT2D eigenvalue weighted by atomic mass is 10.1. The number of hydrogen-bond donors (Lipinski definition) is 3. The second-order valence-corrected chi connectivity index (χ2v) is 3.26. The first kappa shape index (κ1) is 14.0. The molecule has 0 saturated carbocycles. The molecule has 0 unspecified atom stereocenters. The van der Waals surface area contributed by atoms with E-state index in [2.05, 4.69) is 9.72 Å². The van der Waals surface area contributed by atoms with Gasteiger partial charge in [-0.25, -0.2) is 0 Å². The molecule has 6 nitrogen and oxygen atoms in total. The van der Waals surface area contributed by atoms with Gasteiger partial charge in [-0.1, -0.05) is 0 Å². The van der Waals surface area contributed by atoms with Gasteiger partial charge in [0.1, 0.15) is 0 Å². The van der Waals surface area contributed by atoms with E-state index in [9.17, 15) is 22.8 Å². The number of rotatable bonds is 4. The van der Waals surface area contributed by atoms with Gasteiger partial charge in [-0.3, -0.25) is 9.59 Å². The van der Waals surface area contributed by atoms with Crippen molar-refractivity contribution < 1.29 is 27.8 Å². The summed E-state index contributed by atoms with van der Waals surface area (Å²) >= 11 is 0. The van der Waals surface area contributed by atoms with Crippen LogP contribution in [-0.4, -0.2) is 22.4 Å². The molecule has 0 fully saturated rings. The third-order valence-electron chi connectivity index (χ3n) is 2.00. The molecule has 0 aliphatic carbocycles. The lowest BCUT2D eigenvalue weighted by molar-refractivity contribution is -0.275. The predicted molar refractivity (Wildman–Crippen MR) is 53.0 cm³/mol. The quantitative estimate of drug-likeness (QED) is 0.729. The van der Waals surface area contributed by atoms with Crippen LogP contribution in [0.4, 0.5) is 13.2 Å². The average Bonchev–Trinajstić information content (AvgIpc) is 2.22. The summed E-state index contributed by atoms with van der Waals surface area (Å²) in [5, 5.41) is 8.58. The minimum Gasteiger partial charge on any atom is -0.481 e. The summed E-state index contributed by atoms with van der Waals surface area (Å²) in [4.78, 5) is 24.4. The highest BCUT2D eigenvalue weighted by atomic mass is 19.4. The number of H-pyrrole nitrogens is 1. The van der Waals surface area contributed by atoms with E-state index in [4.69, 9.17) is 10.8 Å². The van der Waals surface area contributed by atoms with Crippen molar-refractivity contribution in [1.29, 1.82) is 0 Å². The molecule has 0 bridgehead atoms. The summed E-state index contributed by atoms with van der Waals surface area (Å²) in [6, 6.07) is 0. The summed E-state index contributed by atoms with van der Waals surface area (Å²) < 4.78 is 39.4. The maximum absolute atomic E-state index is 12.0. The van der Waals surface area contributed by atoms with Crippen molar-refractivity contribution in [2.45, 2.75) is 19.3 Å². The van der Waals surface area contributed by atoms with E-state index in [1.807, 2.05) is 0 Å². The lowest BCUT2D eigenvalue weighted by Crippen LogP contribution is -2.26. The van der Waals surface area contributed by atoms with Crippen LogP contribution in [0, 0.1) is 0 Å². The minimum atomic E-state index is -5.03. The Hall–Kier alpha value is -2.03. The molecule has 0 spiro atoms. The molecular formula is C9H9F3N2O4. The van der Waals surface area contributed by atoms with Gasteiger partial charge in [-0.15, -0.1) is 13.2 Å². The number of aromatic amines is 1. The van der Waals surface area contributed by atoms with Crippen LogP contribution in [0.5, 0.6) is 5.75 Å². The van der Waals surface area contributed by atoms with Gasteiger partial charge in [0.05, 0.1) is 6.42 Å². The van der Waals surface area contributed by atoms with Crippen LogP contribution < -0.4 is 15.9 Å². The lowest BCUT2D eigenvalue weighted by Gasteiger charge is -2.11. The third kappa shape index (κ3) is 3.48. The molecule has 100 valence electrons. The van der Waals surface area contributed by atoms with Crippen LogP contribution in [-0.2, 0) is 17.8 Å². The monoisotopic (exact) mass is 266 g/mol. The summed E-state index contributed by atoms with van der Waals surface area (Å²) in [6.45, 7) is -0.204. The van der Waals surface area contributed by atoms with Crippen molar-refractivity contribution >= 4 is 5.97 Å². The molecule has 1 aromatic heterocycles. The van der Waals surface area contributed by atoms with Gasteiger partial charge in [-0.2, -0.15) is 0 Å². The fourth-order valence-electron chi connectivity index (χ4n) is 1.31. The molecule has 18 heavy (non-hydrogen) atoms. The van der Waals surface area contributed by atoms with Crippen LogP contribution in [0.2, 0.25) is 0 Å². The third-order valence-corrected chi connectivity index (χ3v) is 2.00. The second-order valence-electron chi connectivity index (χ2n) is 3.26. The normalized spacial score (nSPS) is 11.3. The van der Waals surface area contributed by atoms with Gasteiger partial charge in [0.2, 0.25) is 5.43 Å². The van der Waals surface area contributed by atoms with Gasteiger partial charge < -0.3 is 20.6 Å². The standard InChI is InChI=1S/C9H9F3N2O4/c10-9(11,12)18-6-3-14-5(2-13)4(8(6)17)1-7(15)16/h3H,1-2,13H2,(H,14,17)(H,15,16). The molecule has 0 saturated heterocycles. The van der Waals surface area contributed by atoms with E-state index in [1.54, 1.807) is 0 Å². The van der Waals surface area contributed by atoms with E-state index in [-0.39, 0.29) is 17.8 Å². The summed E-state index contributed by atoms with van der Waals surface area (Å²) in [5.41, 5.74) is 3.80. The Morgan fingerprint density at radius 3 is 2.56 bits per heavy atom. The predicted octanol–water partition coefficient (Wildman–Crippen LogP) is 0.359. The molecule has 0 amide bonds. The number of nitrogens with two attached hydrogens (primary N) is 1. The van der Waals surface area contributed by atoms with Gasteiger partial charge in [0.25, 0.3) is 0 Å². The summed E-state index contributed by atoms with van der Waals surface area (Å²) in [5.74, 6) is -2.38. The smallest absolute Gasteiger partial charge is 0.481 e. The topological polar surface area (TPSA) is 105 Å². The Morgan fingerprint density at radius 2 is 2.11 bits per heavy atom. The van der Waals surface area contributed by atoms with E-state index < -0.39 is 29.9 Å². The summed E-state index contributed by atoms with van der Waals surface area (Å²) in [6.07, 6.45) is -5.07. The molecule has 1 heterocycles. The van der Waals surface area contributed by atoms with Crippen molar-refractivity contribution in [2.24, 2.45) is 5.73 Å². The summed E-state index contributed by atoms with van der Waals surface area (Å²) in [7, 11) is 0. The average molecular weight is 266 g/mol. The fourth-order valence-corrected chi connectivity index (χ4v) is 1.31. The first-order valence-electron chi connectivity index (χ1n) is 4.65. The van der Waals surface area contributed by atoms with Gasteiger partial charge in [0.15, 0.2) is 5.75 Å². The zero-order valence-electron chi connectivity index (χ0n) is 8.87. The second kappa shape index (κ2) is 5.08. The van der Waals surface area contributed by atoms with Gasteiger partial charge in [-0.05, 0) is 0 Å². The molecule has 0 aromatic carbocycles. The zero-order valence-corrected chi connectivity index (χ0v) is 8.87. The Labute approximate surface area is 98.2 Å². The number of aliphatic carboxylic acids is 1. The molecule has 0 aliphatic rings. The number of alkyl halides is 3. The fraction of sp³-hybridized carbons (Fsp3) is 0.333. The first-order valence-corrected chi connectivity index (χ1v) is 4.65. The molecule has 1 rings (SSSR count). The van der Waals surface area contributed by atoms with Crippen LogP contribution in [0.15, 0.2) is 11.0 Å². The largest absolute Gasteiger partial charge is 0.573 e. The van der Waals surface area contributed by atoms with Crippen LogP contribution in [0.25, 0.3) is 0 Å². The molecule has 9 heteroatoms. The Bertz CT molecular complexity index is 510. The number of hydrogen-bond acceptors (Lipinski definition) is 4. The number of carbonyl (C=O) groups is 1. The number of pyridine rings is 1. The minimum absolute atomic E-state index is 0.0527. The number of ether oxygens (including phenoxy) is 1. The Balaban J connectivity index is 3.25. The highest BCUT2D eigenvalue weighted by Gasteiger charge is 2.33. The highest BCUT2D eigenvalue weighted by Crippen LogP contribution is 2.20. The van der Waals surface area contributed by atoms with Crippen molar-refractivity contribution in [3.05, 3.63) is 27.7 Å². The van der Waals surface area contributed by atoms with E-state index in [0.717, 1.165) is 0 Å². The molecule has 0 aliphatic heterocycles. The van der Waals surface area contributed by atoms with Crippen LogP contribution in [0.3, 0.4) is 0 Å². The van der Waals surface area contributed by atoms with Crippen molar-refractivity contribution in [1.82, 2.24) is 4.98 Å². The SMILES string of the molecule is NCc1[nH]cc(OC(F)(F)F)c(=O)c1CC(=O)O. The van der Waals surface area contributed by atoms with Crippen molar-refractivity contribution in [3.8, 4) is 5.75 Å². The van der Waals surface area contributed by atoms with E-state index >= 15 is 0 Å². The van der Waals surface area contributed by atoms with Crippen molar-refractivity contribution in [2.75, 3.05) is 0 Å². The van der Waals surface area contributed by atoms with E-state index in [0.29, 0.717) is 6.20 Å². The number of halogens is 3. The van der Waals surface area contributed by atoms with Crippen LogP contribution >= 0.6 is 0 Å².